The van der Waals surface area contributed by atoms with Gasteiger partial charge >= 0.3 is 0 Å². The largest absolute Gasteiger partial charge is 0.392 e. The second-order valence-electron chi connectivity index (χ2n) is 3.55. The quantitative estimate of drug-likeness (QED) is 0.486. The first-order valence-electron chi connectivity index (χ1n) is 4.70. The Morgan fingerprint density at radius 1 is 1.67 bits per heavy atom. The molecule has 1 rings (SSSR count). The minimum absolute atomic E-state index is 0.00669. The molecule has 0 saturated carbocycles. The maximum atomic E-state index is 9.20. The maximum absolute atomic E-state index is 9.20. The van der Waals surface area contributed by atoms with E-state index in [1.54, 1.807) is 25.3 Å². The van der Waals surface area contributed by atoms with Crippen molar-refractivity contribution in [3.05, 3.63) is 23.9 Å². The van der Waals surface area contributed by atoms with E-state index >= 15 is 0 Å². The van der Waals surface area contributed by atoms with Gasteiger partial charge in [0, 0.05) is 25.4 Å². The van der Waals surface area contributed by atoms with E-state index in [9.17, 15) is 5.11 Å². The first kappa shape index (κ1) is 11.5. The normalized spacial score (nSPS) is 12.2. The molecule has 0 amide bonds. The number of aromatic nitrogens is 1. The Morgan fingerprint density at radius 2 is 2.33 bits per heavy atom. The summed E-state index contributed by atoms with van der Waals surface area (Å²) in [5.74, 6) is 0.758. The fourth-order valence-corrected chi connectivity index (χ4v) is 1.26. The second kappa shape index (κ2) is 4.75. The molecule has 4 N–H and O–H groups in total. The lowest BCUT2D eigenvalue weighted by molar-refractivity contribution is 0.201. The van der Waals surface area contributed by atoms with Crippen LogP contribution in [0, 0.1) is 5.41 Å². The SMILES string of the molecule is CC(O)CN(C)c1ccc(C(=N)N)cn1. The first-order chi connectivity index (χ1) is 7.00. The number of anilines is 1. The van der Waals surface area contributed by atoms with Crippen molar-refractivity contribution in [1.29, 1.82) is 5.41 Å². The van der Waals surface area contributed by atoms with Crippen LogP contribution in [0.15, 0.2) is 18.3 Å². The summed E-state index contributed by atoms with van der Waals surface area (Å²) in [6, 6.07) is 3.52. The Morgan fingerprint density at radius 3 is 2.73 bits per heavy atom. The maximum Gasteiger partial charge on any atom is 0.128 e. The van der Waals surface area contributed by atoms with Crippen molar-refractivity contribution >= 4 is 11.7 Å². The van der Waals surface area contributed by atoms with Gasteiger partial charge in [0.2, 0.25) is 0 Å². The summed E-state index contributed by atoms with van der Waals surface area (Å²) in [7, 11) is 1.85. The van der Waals surface area contributed by atoms with Crippen molar-refractivity contribution in [2.24, 2.45) is 5.73 Å². The first-order valence-corrected chi connectivity index (χ1v) is 4.70. The van der Waals surface area contributed by atoms with Gasteiger partial charge in [-0.3, -0.25) is 5.41 Å². The van der Waals surface area contributed by atoms with Crippen LogP contribution < -0.4 is 10.6 Å². The average molecular weight is 208 g/mol. The number of amidine groups is 1. The van der Waals surface area contributed by atoms with E-state index in [1.807, 2.05) is 11.9 Å². The lowest BCUT2D eigenvalue weighted by Gasteiger charge is -2.19. The van der Waals surface area contributed by atoms with Crippen LogP contribution in [-0.2, 0) is 0 Å². The summed E-state index contributed by atoms with van der Waals surface area (Å²) in [4.78, 5) is 5.99. The molecule has 5 heteroatoms. The fourth-order valence-electron chi connectivity index (χ4n) is 1.26. The van der Waals surface area contributed by atoms with Crippen molar-refractivity contribution in [3.63, 3.8) is 0 Å². The van der Waals surface area contributed by atoms with Gasteiger partial charge in [-0.05, 0) is 19.1 Å². The topological polar surface area (TPSA) is 86.2 Å². The zero-order valence-electron chi connectivity index (χ0n) is 8.94. The van der Waals surface area contributed by atoms with Crippen LogP contribution in [0.5, 0.6) is 0 Å². The summed E-state index contributed by atoms with van der Waals surface area (Å²) < 4.78 is 0. The van der Waals surface area contributed by atoms with Gasteiger partial charge in [-0.1, -0.05) is 0 Å². The molecule has 0 aliphatic heterocycles. The molecule has 0 radical (unpaired) electrons. The Bertz CT molecular complexity index is 334. The number of hydrogen-bond acceptors (Lipinski definition) is 4. The highest BCUT2D eigenvalue weighted by molar-refractivity contribution is 5.94. The number of aliphatic hydroxyl groups is 1. The standard InChI is InChI=1S/C10H16N4O/c1-7(15)6-14(2)9-4-3-8(5-13-9)10(11)12/h3-5,7,15H,6H2,1-2H3,(H3,11,12). The number of nitrogens with one attached hydrogen (secondary N) is 1. The van der Waals surface area contributed by atoms with Gasteiger partial charge < -0.3 is 15.7 Å². The zero-order chi connectivity index (χ0) is 11.4. The van der Waals surface area contributed by atoms with Gasteiger partial charge in [0.05, 0.1) is 6.10 Å². The molecule has 0 aromatic carbocycles. The zero-order valence-corrected chi connectivity index (χ0v) is 8.94. The second-order valence-corrected chi connectivity index (χ2v) is 3.55. The summed E-state index contributed by atoms with van der Waals surface area (Å²) in [6.07, 6.45) is 1.15. The van der Waals surface area contributed by atoms with E-state index in [2.05, 4.69) is 4.98 Å². The molecule has 0 aliphatic rings. The van der Waals surface area contributed by atoms with Crippen molar-refractivity contribution in [3.8, 4) is 0 Å². The molecule has 15 heavy (non-hydrogen) atoms. The number of nitrogen functional groups attached to an aromatic ring is 1. The predicted molar refractivity (Wildman–Crippen MR) is 60.2 cm³/mol. The molecule has 82 valence electrons. The van der Waals surface area contributed by atoms with Crippen LogP contribution >= 0.6 is 0 Å². The van der Waals surface area contributed by atoms with Crippen LogP contribution in [0.4, 0.5) is 5.82 Å². The molecule has 1 aromatic heterocycles. The molecule has 0 aliphatic carbocycles. The van der Waals surface area contributed by atoms with Gasteiger partial charge in [0.15, 0.2) is 0 Å². The van der Waals surface area contributed by atoms with Crippen LogP contribution in [0.3, 0.4) is 0 Å². The number of nitrogens with two attached hydrogens (primary N) is 1. The Balaban J connectivity index is 2.75. The van der Waals surface area contributed by atoms with E-state index in [-0.39, 0.29) is 5.84 Å². The molecule has 1 atom stereocenters. The van der Waals surface area contributed by atoms with Crippen molar-refractivity contribution in [1.82, 2.24) is 4.98 Å². The van der Waals surface area contributed by atoms with E-state index in [1.165, 1.54) is 0 Å². The smallest absolute Gasteiger partial charge is 0.128 e. The highest BCUT2D eigenvalue weighted by Crippen LogP contribution is 2.09. The number of rotatable bonds is 4. The molecule has 0 saturated heterocycles. The third-order valence-corrected chi connectivity index (χ3v) is 1.99. The number of nitrogens with zero attached hydrogens (tertiary/aromatic N) is 2. The summed E-state index contributed by atoms with van der Waals surface area (Å²) in [6.45, 7) is 2.24. The monoisotopic (exact) mass is 208 g/mol. The highest BCUT2D eigenvalue weighted by atomic mass is 16.3. The molecular formula is C10H16N4O. The predicted octanol–water partition coefficient (Wildman–Crippen LogP) is 0.183. The molecule has 0 fully saturated rings. The van der Waals surface area contributed by atoms with Crippen LogP contribution in [0.25, 0.3) is 0 Å². The molecule has 1 aromatic rings. The fraction of sp³-hybridized carbons (Fsp3) is 0.400. The van der Waals surface area contributed by atoms with Crippen molar-refractivity contribution in [2.45, 2.75) is 13.0 Å². The molecule has 0 bridgehead atoms. The lowest BCUT2D eigenvalue weighted by Crippen LogP contribution is -2.27. The lowest BCUT2D eigenvalue weighted by atomic mass is 10.2. The van der Waals surface area contributed by atoms with Gasteiger partial charge in [-0.2, -0.15) is 0 Å². The van der Waals surface area contributed by atoms with Crippen molar-refractivity contribution < 1.29 is 5.11 Å². The summed E-state index contributed by atoms with van der Waals surface area (Å²) in [5.41, 5.74) is 5.91. The van der Waals surface area contributed by atoms with Gasteiger partial charge in [0.25, 0.3) is 0 Å². The number of aliphatic hydroxyl groups excluding tert-OH is 1. The minimum Gasteiger partial charge on any atom is -0.392 e. The minimum atomic E-state index is -0.399. The average Bonchev–Trinajstić information content (AvgIpc) is 2.17. The van der Waals surface area contributed by atoms with Crippen molar-refractivity contribution in [2.75, 3.05) is 18.5 Å². The van der Waals surface area contributed by atoms with E-state index < -0.39 is 6.10 Å². The number of hydrogen-bond donors (Lipinski definition) is 3. The molecular weight excluding hydrogens is 192 g/mol. The highest BCUT2D eigenvalue weighted by Gasteiger charge is 2.05. The number of likely N-dealkylation sites (N-methyl/N-ethyl adjacent to an activating group) is 1. The number of pyridine rings is 1. The van der Waals surface area contributed by atoms with E-state index in [0.717, 1.165) is 5.82 Å². The van der Waals surface area contributed by atoms with Gasteiger partial charge in [0.1, 0.15) is 11.7 Å². The van der Waals surface area contributed by atoms with E-state index in [4.69, 9.17) is 11.1 Å². The Hall–Kier alpha value is -1.62. The summed E-state index contributed by atoms with van der Waals surface area (Å²) >= 11 is 0. The van der Waals surface area contributed by atoms with Crippen LogP contribution in [0.2, 0.25) is 0 Å². The molecule has 1 heterocycles. The summed E-state index contributed by atoms with van der Waals surface area (Å²) in [5, 5.41) is 16.4. The van der Waals surface area contributed by atoms with Crippen LogP contribution in [0.1, 0.15) is 12.5 Å². The van der Waals surface area contributed by atoms with Gasteiger partial charge in [-0.25, -0.2) is 4.98 Å². The van der Waals surface area contributed by atoms with E-state index in [0.29, 0.717) is 12.1 Å². The van der Waals surface area contributed by atoms with Crippen LogP contribution in [-0.4, -0.2) is 35.6 Å². The Labute approximate surface area is 89.1 Å². The Kier molecular flexibility index (Phi) is 3.62. The molecule has 1 unspecified atom stereocenters. The third-order valence-electron chi connectivity index (χ3n) is 1.99. The molecule has 0 spiro atoms. The third kappa shape index (κ3) is 3.21. The molecule has 5 nitrogen and oxygen atoms in total. The van der Waals surface area contributed by atoms with Gasteiger partial charge in [-0.15, -0.1) is 0 Å².